The van der Waals surface area contributed by atoms with E-state index in [1.165, 1.54) is 19.3 Å². The maximum absolute atomic E-state index is 12.7. The van der Waals surface area contributed by atoms with Gasteiger partial charge in [0.15, 0.2) is 0 Å². The molecular formula is C18H26N2O2. The van der Waals surface area contributed by atoms with Gasteiger partial charge in [0, 0.05) is 37.2 Å². The van der Waals surface area contributed by atoms with Gasteiger partial charge in [-0.25, -0.2) is 0 Å². The summed E-state index contributed by atoms with van der Waals surface area (Å²) in [6.45, 7) is 3.32. The van der Waals surface area contributed by atoms with Crippen LogP contribution in [0.5, 0.6) is 0 Å². The van der Waals surface area contributed by atoms with Gasteiger partial charge in [0.05, 0.1) is 6.10 Å². The number of rotatable bonds is 5. The first-order chi connectivity index (χ1) is 10.6. The summed E-state index contributed by atoms with van der Waals surface area (Å²) in [5, 5.41) is 0. The minimum atomic E-state index is 0.106. The van der Waals surface area contributed by atoms with Crippen LogP contribution in [0.2, 0.25) is 0 Å². The molecular weight excluding hydrogens is 276 g/mol. The third-order valence-corrected chi connectivity index (χ3v) is 5.62. The summed E-state index contributed by atoms with van der Waals surface area (Å²) in [7, 11) is 1.94. The first-order valence-electron chi connectivity index (χ1n) is 8.30. The van der Waals surface area contributed by atoms with E-state index in [1.54, 1.807) is 0 Å². The number of hydrogen-bond donors (Lipinski definition) is 1. The summed E-state index contributed by atoms with van der Waals surface area (Å²) in [4.78, 5) is 14.7. The fourth-order valence-corrected chi connectivity index (χ4v) is 4.07. The van der Waals surface area contributed by atoms with Crippen LogP contribution in [0.15, 0.2) is 24.3 Å². The quantitative estimate of drug-likeness (QED) is 0.909. The largest absolute Gasteiger partial charge is 0.378 e. The second-order valence-electron chi connectivity index (χ2n) is 6.60. The van der Waals surface area contributed by atoms with Crippen molar-refractivity contribution in [2.75, 3.05) is 13.7 Å². The Morgan fingerprint density at radius 3 is 2.55 bits per heavy atom. The van der Waals surface area contributed by atoms with Gasteiger partial charge in [-0.15, -0.1) is 0 Å². The van der Waals surface area contributed by atoms with Crippen molar-refractivity contribution in [3.63, 3.8) is 0 Å². The number of carbonyl (C=O) groups excluding carboxylic acids is 1. The highest BCUT2D eigenvalue weighted by molar-refractivity contribution is 5.94. The van der Waals surface area contributed by atoms with Gasteiger partial charge < -0.3 is 15.4 Å². The zero-order valence-corrected chi connectivity index (χ0v) is 13.5. The molecule has 1 aromatic carbocycles. The molecule has 3 rings (SSSR count). The van der Waals surface area contributed by atoms with Crippen LogP contribution < -0.4 is 5.73 Å². The molecule has 2 saturated carbocycles. The molecule has 2 aliphatic carbocycles. The number of nitrogens with two attached hydrogens (primary N) is 1. The van der Waals surface area contributed by atoms with Crippen LogP contribution in [0, 0.1) is 5.41 Å². The molecule has 0 aromatic heterocycles. The summed E-state index contributed by atoms with van der Waals surface area (Å²) in [6, 6.07) is 7.95. The molecule has 2 N–H and O–H groups in total. The molecule has 1 spiro atoms. The van der Waals surface area contributed by atoms with Crippen LogP contribution in [0.3, 0.4) is 0 Å². The van der Waals surface area contributed by atoms with Crippen molar-refractivity contribution in [3.8, 4) is 0 Å². The van der Waals surface area contributed by atoms with Crippen molar-refractivity contribution in [1.29, 1.82) is 0 Å². The first-order valence-corrected chi connectivity index (χ1v) is 8.30. The van der Waals surface area contributed by atoms with E-state index in [4.69, 9.17) is 10.5 Å². The van der Waals surface area contributed by atoms with E-state index in [9.17, 15) is 4.79 Å². The number of nitrogens with zero attached hydrogens (tertiary/aromatic N) is 1. The van der Waals surface area contributed by atoms with Gasteiger partial charge in [-0.2, -0.15) is 0 Å². The Morgan fingerprint density at radius 1 is 1.36 bits per heavy atom. The van der Waals surface area contributed by atoms with Gasteiger partial charge in [-0.05, 0) is 43.9 Å². The van der Waals surface area contributed by atoms with E-state index in [0.29, 0.717) is 18.7 Å². The monoisotopic (exact) mass is 302 g/mol. The highest BCUT2D eigenvalue weighted by Crippen LogP contribution is 2.59. The third-order valence-electron chi connectivity index (χ3n) is 5.62. The van der Waals surface area contributed by atoms with E-state index >= 15 is 0 Å². The number of carbonyl (C=O) groups is 1. The summed E-state index contributed by atoms with van der Waals surface area (Å²) in [5.74, 6) is 0.106. The average molecular weight is 302 g/mol. The number of benzene rings is 1. The van der Waals surface area contributed by atoms with E-state index in [0.717, 1.165) is 24.2 Å². The van der Waals surface area contributed by atoms with Crippen LogP contribution in [-0.2, 0) is 11.3 Å². The van der Waals surface area contributed by atoms with Crippen LogP contribution in [0.25, 0.3) is 0 Å². The smallest absolute Gasteiger partial charge is 0.253 e. The molecule has 22 heavy (non-hydrogen) atoms. The van der Waals surface area contributed by atoms with Crippen LogP contribution in [0.4, 0.5) is 0 Å². The molecule has 0 radical (unpaired) electrons. The Hall–Kier alpha value is -1.39. The van der Waals surface area contributed by atoms with Gasteiger partial charge in [0.25, 0.3) is 5.91 Å². The van der Waals surface area contributed by atoms with Crippen molar-refractivity contribution in [2.24, 2.45) is 11.1 Å². The summed E-state index contributed by atoms with van der Waals surface area (Å²) >= 11 is 0. The Morgan fingerprint density at radius 2 is 2.05 bits per heavy atom. The molecule has 4 nitrogen and oxygen atoms in total. The molecule has 120 valence electrons. The number of ether oxygens (including phenoxy) is 1. The second-order valence-corrected chi connectivity index (χ2v) is 6.60. The maximum Gasteiger partial charge on any atom is 0.253 e. The molecule has 2 unspecified atom stereocenters. The SMILES string of the molecule is CCOC1CC(N(C)C(=O)c2ccc(CN)cc2)C12CCC2. The lowest BCUT2D eigenvalue weighted by atomic mass is 9.50. The van der Waals surface area contributed by atoms with Crippen LogP contribution in [0.1, 0.15) is 48.5 Å². The van der Waals surface area contributed by atoms with Gasteiger partial charge in [-0.1, -0.05) is 18.6 Å². The summed E-state index contributed by atoms with van der Waals surface area (Å²) in [6.07, 6.45) is 4.94. The zero-order chi connectivity index (χ0) is 15.7. The van der Waals surface area contributed by atoms with Crippen molar-refractivity contribution >= 4 is 5.91 Å². The molecule has 4 heteroatoms. The van der Waals surface area contributed by atoms with Gasteiger partial charge in [-0.3, -0.25) is 4.79 Å². The molecule has 2 aliphatic rings. The van der Waals surface area contributed by atoms with Crippen LogP contribution in [-0.4, -0.2) is 36.6 Å². The lowest BCUT2D eigenvalue weighted by Crippen LogP contribution is -2.67. The normalized spacial score (nSPS) is 25.4. The van der Waals surface area contributed by atoms with Crippen LogP contribution >= 0.6 is 0 Å². The maximum atomic E-state index is 12.7. The fourth-order valence-electron chi connectivity index (χ4n) is 4.07. The Kier molecular flexibility index (Phi) is 4.24. The predicted octanol–water partition coefficient (Wildman–Crippen LogP) is 2.57. The Bertz CT molecular complexity index is 537. The van der Waals surface area contributed by atoms with E-state index in [-0.39, 0.29) is 11.3 Å². The highest BCUT2D eigenvalue weighted by atomic mass is 16.5. The molecule has 2 atom stereocenters. The minimum absolute atomic E-state index is 0.106. The van der Waals surface area contributed by atoms with Gasteiger partial charge in [0.2, 0.25) is 0 Å². The molecule has 0 saturated heterocycles. The standard InChI is InChI=1S/C18H26N2O2/c1-3-22-16-11-15(18(16)9-4-10-18)20(2)17(21)14-7-5-13(12-19)6-8-14/h5-8,15-16H,3-4,9-12,19H2,1-2H3. The average Bonchev–Trinajstić information content (AvgIpc) is 2.48. The van der Waals surface area contributed by atoms with Crippen molar-refractivity contribution < 1.29 is 9.53 Å². The highest BCUT2D eigenvalue weighted by Gasteiger charge is 2.60. The third kappa shape index (κ3) is 2.34. The van der Waals surface area contributed by atoms with E-state index < -0.39 is 0 Å². The van der Waals surface area contributed by atoms with Gasteiger partial charge >= 0.3 is 0 Å². The Balaban J connectivity index is 1.70. The van der Waals surface area contributed by atoms with Crippen molar-refractivity contribution in [1.82, 2.24) is 4.90 Å². The molecule has 1 aromatic rings. The molecule has 0 heterocycles. The van der Waals surface area contributed by atoms with Gasteiger partial charge in [0.1, 0.15) is 0 Å². The van der Waals surface area contributed by atoms with Crippen molar-refractivity contribution in [3.05, 3.63) is 35.4 Å². The second kappa shape index (κ2) is 6.01. The van der Waals surface area contributed by atoms with E-state index in [1.807, 2.05) is 43.1 Å². The Labute approximate surface area is 132 Å². The van der Waals surface area contributed by atoms with Crippen molar-refractivity contribution in [2.45, 2.75) is 51.3 Å². The topological polar surface area (TPSA) is 55.6 Å². The van der Waals surface area contributed by atoms with E-state index in [2.05, 4.69) is 0 Å². The minimum Gasteiger partial charge on any atom is -0.378 e. The fraction of sp³-hybridized carbons (Fsp3) is 0.611. The summed E-state index contributed by atoms with van der Waals surface area (Å²) < 4.78 is 5.88. The zero-order valence-electron chi connectivity index (χ0n) is 13.5. The molecule has 1 amide bonds. The molecule has 0 aliphatic heterocycles. The lowest BCUT2D eigenvalue weighted by molar-refractivity contribution is -0.192. The molecule has 0 bridgehead atoms. The number of hydrogen-bond acceptors (Lipinski definition) is 3. The number of amides is 1. The summed E-state index contributed by atoms with van der Waals surface area (Å²) in [5.41, 5.74) is 7.63. The first kappa shape index (κ1) is 15.5. The molecule has 2 fully saturated rings. The lowest BCUT2D eigenvalue weighted by Gasteiger charge is -2.63. The predicted molar refractivity (Wildman–Crippen MR) is 86.5 cm³/mol.